The molecule has 4 nitrogen and oxygen atoms in total. The third-order valence-electron chi connectivity index (χ3n) is 3.95. The summed E-state index contributed by atoms with van der Waals surface area (Å²) in [7, 11) is 0. The third-order valence-corrected chi connectivity index (χ3v) is 3.95. The summed E-state index contributed by atoms with van der Waals surface area (Å²) in [5.41, 5.74) is 2.57. The molecule has 3 rings (SSSR count). The van der Waals surface area contributed by atoms with E-state index < -0.39 is 0 Å². The number of carbonyl (C=O) groups excluding carboxylic acids is 1. The molecule has 2 heterocycles. The lowest BCUT2D eigenvalue weighted by atomic mass is 9.82. The average Bonchev–Trinajstić information content (AvgIpc) is 2.99. The molecular formula is C19H21N3O. The highest BCUT2D eigenvalue weighted by Crippen LogP contribution is 2.32. The van der Waals surface area contributed by atoms with Gasteiger partial charge in [-0.15, -0.1) is 0 Å². The van der Waals surface area contributed by atoms with Gasteiger partial charge in [-0.1, -0.05) is 51.1 Å². The minimum Gasteiger partial charge on any atom is -0.345 e. The molecule has 0 radical (unpaired) electrons. The van der Waals surface area contributed by atoms with Gasteiger partial charge in [-0.05, 0) is 23.1 Å². The molecule has 0 bridgehead atoms. The first-order valence-electron chi connectivity index (χ1n) is 7.73. The van der Waals surface area contributed by atoms with Crippen molar-refractivity contribution in [2.24, 2.45) is 5.41 Å². The monoisotopic (exact) mass is 307 g/mol. The molecular weight excluding hydrogens is 286 g/mol. The molecule has 23 heavy (non-hydrogen) atoms. The molecule has 0 aliphatic heterocycles. The topological polar surface area (TPSA) is 46.4 Å². The molecule has 0 aliphatic rings. The van der Waals surface area contributed by atoms with E-state index in [9.17, 15) is 4.79 Å². The number of aromatic nitrogens is 2. The largest absolute Gasteiger partial charge is 0.345 e. The number of hydrogen-bond acceptors (Lipinski definition) is 2. The number of pyridine rings is 1. The van der Waals surface area contributed by atoms with E-state index in [0.29, 0.717) is 5.56 Å². The Hall–Kier alpha value is -2.62. The summed E-state index contributed by atoms with van der Waals surface area (Å²) >= 11 is 0. The van der Waals surface area contributed by atoms with Gasteiger partial charge in [0.1, 0.15) is 0 Å². The van der Waals surface area contributed by atoms with E-state index in [1.165, 1.54) is 0 Å². The van der Waals surface area contributed by atoms with Crippen LogP contribution in [-0.2, 0) is 0 Å². The Morgan fingerprint density at radius 1 is 1.17 bits per heavy atom. The normalized spacial score (nSPS) is 13.0. The Kier molecular flexibility index (Phi) is 3.90. The van der Waals surface area contributed by atoms with Crippen LogP contribution < -0.4 is 5.32 Å². The van der Waals surface area contributed by atoms with Crippen LogP contribution in [0.2, 0.25) is 0 Å². The summed E-state index contributed by atoms with van der Waals surface area (Å²) in [6, 6.07) is 13.7. The van der Waals surface area contributed by atoms with Gasteiger partial charge in [0.15, 0.2) is 0 Å². The number of amides is 1. The zero-order chi connectivity index (χ0) is 16.4. The lowest BCUT2D eigenvalue weighted by molar-refractivity contribution is 0.0901. The quantitative estimate of drug-likeness (QED) is 0.799. The van der Waals surface area contributed by atoms with E-state index in [2.05, 4.69) is 43.2 Å². The maximum Gasteiger partial charge on any atom is 0.251 e. The Bertz CT molecular complexity index is 815. The van der Waals surface area contributed by atoms with Crippen LogP contribution in [-0.4, -0.2) is 15.3 Å². The van der Waals surface area contributed by atoms with E-state index in [-0.39, 0.29) is 17.4 Å². The fraction of sp³-hybridized carbons (Fsp3) is 0.263. The van der Waals surface area contributed by atoms with Gasteiger partial charge in [0.2, 0.25) is 0 Å². The van der Waals surface area contributed by atoms with Crippen molar-refractivity contribution in [3.8, 4) is 0 Å². The van der Waals surface area contributed by atoms with Gasteiger partial charge in [0, 0.05) is 11.8 Å². The number of rotatable bonds is 3. The Morgan fingerprint density at radius 3 is 2.61 bits per heavy atom. The molecule has 0 unspecified atom stereocenters. The number of benzene rings is 1. The average molecular weight is 307 g/mol. The van der Waals surface area contributed by atoms with Crippen molar-refractivity contribution >= 4 is 11.4 Å². The molecule has 0 spiro atoms. The van der Waals surface area contributed by atoms with Crippen molar-refractivity contribution in [1.82, 2.24) is 14.7 Å². The van der Waals surface area contributed by atoms with Gasteiger partial charge < -0.3 is 9.72 Å². The molecule has 1 atom stereocenters. The fourth-order valence-electron chi connectivity index (χ4n) is 2.72. The minimum atomic E-state index is -0.0856. The fourth-order valence-corrected chi connectivity index (χ4v) is 2.72. The molecule has 1 aromatic carbocycles. The molecule has 1 amide bonds. The van der Waals surface area contributed by atoms with Crippen molar-refractivity contribution in [3.63, 3.8) is 0 Å². The molecule has 118 valence electrons. The summed E-state index contributed by atoms with van der Waals surface area (Å²) < 4.78 is 1.88. The first-order chi connectivity index (χ1) is 10.9. The number of fused-ring (bicyclic) bond motifs is 1. The Morgan fingerprint density at radius 2 is 1.91 bits per heavy atom. The highest BCUT2D eigenvalue weighted by atomic mass is 16.1. The molecule has 0 fully saturated rings. The molecule has 0 saturated carbocycles. The third kappa shape index (κ3) is 3.26. The lowest BCUT2D eigenvalue weighted by Crippen LogP contribution is -2.36. The first kappa shape index (κ1) is 15.3. The van der Waals surface area contributed by atoms with Crippen LogP contribution >= 0.6 is 0 Å². The number of nitrogens with one attached hydrogen (secondary N) is 1. The van der Waals surface area contributed by atoms with Crippen molar-refractivity contribution in [2.75, 3.05) is 0 Å². The zero-order valence-corrected chi connectivity index (χ0v) is 13.7. The molecule has 3 aromatic rings. The number of imidazole rings is 1. The Labute approximate surface area is 136 Å². The summed E-state index contributed by atoms with van der Waals surface area (Å²) in [6.45, 7) is 6.39. The van der Waals surface area contributed by atoms with Crippen LogP contribution in [0.3, 0.4) is 0 Å². The zero-order valence-electron chi connectivity index (χ0n) is 13.7. The van der Waals surface area contributed by atoms with Crippen molar-refractivity contribution in [1.29, 1.82) is 0 Å². The van der Waals surface area contributed by atoms with Gasteiger partial charge in [0.05, 0.1) is 24.1 Å². The Balaban J connectivity index is 1.88. The summed E-state index contributed by atoms with van der Waals surface area (Å²) in [4.78, 5) is 16.8. The lowest BCUT2D eigenvalue weighted by Gasteiger charge is -2.32. The van der Waals surface area contributed by atoms with Crippen LogP contribution in [0.4, 0.5) is 0 Å². The van der Waals surface area contributed by atoms with Crippen LogP contribution in [0.5, 0.6) is 0 Å². The van der Waals surface area contributed by atoms with Crippen molar-refractivity contribution in [2.45, 2.75) is 26.8 Å². The summed E-state index contributed by atoms with van der Waals surface area (Å²) in [5, 5.41) is 3.18. The van der Waals surface area contributed by atoms with Crippen LogP contribution in [0, 0.1) is 5.41 Å². The summed E-state index contributed by atoms with van der Waals surface area (Å²) in [6.07, 6.45) is 5.32. The predicted octanol–water partition coefficient (Wildman–Crippen LogP) is 3.85. The maximum atomic E-state index is 12.7. The SMILES string of the molecule is CC(C)(C)[C@H](NC(=O)c1ccn2cncc2c1)c1ccccc1. The second-order valence-electron chi connectivity index (χ2n) is 6.82. The van der Waals surface area contributed by atoms with Crippen LogP contribution in [0.15, 0.2) is 61.2 Å². The van der Waals surface area contributed by atoms with Gasteiger partial charge in [0.25, 0.3) is 5.91 Å². The maximum absolute atomic E-state index is 12.7. The smallest absolute Gasteiger partial charge is 0.251 e. The molecule has 0 aliphatic carbocycles. The number of carbonyl (C=O) groups is 1. The molecule has 4 heteroatoms. The minimum absolute atomic E-state index is 0.0580. The van der Waals surface area contributed by atoms with Gasteiger partial charge in [-0.2, -0.15) is 0 Å². The van der Waals surface area contributed by atoms with Crippen LogP contribution in [0.1, 0.15) is 42.7 Å². The van der Waals surface area contributed by atoms with E-state index in [1.807, 2.05) is 40.9 Å². The van der Waals surface area contributed by atoms with Gasteiger partial charge >= 0.3 is 0 Å². The predicted molar refractivity (Wildman–Crippen MR) is 91.3 cm³/mol. The molecule has 1 N–H and O–H groups in total. The highest BCUT2D eigenvalue weighted by Gasteiger charge is 2.28. The first-order valence-corrected chi connectivity index (χ1v) is 7.73. The second-order valence-corrected chi connectivity index (χ2v) is 6.82. The van der Waals surface area contributed by atoms with E-state index in [0.717, 1.165) is 11.1 Å². The molecule has 0 saturated heterocycles. The van der Waals surface area contributed by atoms with Gasteiger partial charge in [-0.25, -0.2) is 4.98 Å². The standard InChI is InChI=1S/C19H21N3O/c1-19(2,3)17(14-7-5-4-6-8-14)21-18(23)15-9-10-22-13-20-12-16(22)11-15/h4-13,17H,1-3H3,(H,21,23)/t17-/m1/s1. The highest BCUT2D eigenvalue weighted by molar-refractivity contribution is 5.95. The van der Waals surface area contributed by atoms with E-state index in [4.69, 9.17) is 0 Å². The summed E-state index contributed by atoms with van der Waals surface area (Å²) in [5.74, 6) is -0.0718. The number of nitrogens with zero attached hydrogens (tertiary/aromatic N) is 2. The molecule has 2 aromatic heterocycles. The van der Waals surface area contributed by atoms with E-state index >= 15 is 0 Å². The van der Waals surface area contributed by atoms with Crippen molar-refractivity contribution in [3.05, 3.63) is 72.3 Å². The van der Waals surface area contributed by atoms with Crippen molar-refractivity contribution < 1.29 is 4.79 Å². The van der Waals surface area contributed by atoms with Crippen LogP contribution in [0.25, 0.3) is 5.52 Å². The van der Waals surface area contributed by atoms with Gasteiger partial charge in [-0.3, -0.25) is 4.79 Å². The number of hydrogen-bond donors (Lipinski definition) is 1. The second kappa shape index (κ2) is 5.88. The van der Waals surface area contributed by atoms with E-state index in [1.54, 1.807) is 12.5 Å².